The number of hydrazone groups is 1. The topological polar surface area (TPSA) is 123 Å². The summed E-state index contributed by atoms with van der Waals surface area (Å²) in [5.74, 6) is 7.02. The number of hydrazine groups is 1. The van der Waals surface area contributed by atoms with Crippen LogP contribution < -0.4 is 21.8 Å². The Morgan fingerprint density at radius 2 is 1.77 bits per heavy atom. The fourth-order valence-electron chi connectivity index (χ4n) is 4.31. The van der Waals surface area contributed by atoms with Gasteiger partial charge in [-0.1, -0.05) is 32.4 Å². The Balaban J connectivity index is 2.70. The highest BCUT2D eigenvalue weighted by Gasteiger charge is 2.31. The summed E-state index contributed by atoms with van der Waals surface area (Å²) in [6.07, 6.45) is -4.48. The Morgan fingerprint density at radius 1 is 1.13 bits per heavy atom. The van der Waals surface area contributed by atoms with Crippen molar-refractivity contribution in [1.29, 1.82) is 5.41 Å². The number of hydrogen-bond donors (Lipinski definition) is 4. The molecule has 2 aromatic rings. The van der Waals surface area contributed by atoms with Crippen LogP contribution >= 0.6 is 0 Å². The number of aryl methyl sites for hydroxylation is 1. The van der Waals surface area contributed by atoms with E-state index in [4.69, 9.17) is 22.0 Å². The van der Waals surface area contributed by atoms with Crippen molar-refractivity contribution in [3.8, 4) is 0 Å². The largest absolute Gasteiger partial charge is 0.416 e. The fraction of sp³-hybridized carbons (Fsp3) is 0.519. The minimum Gasteiger partial charge on any atom is -0.373 e. The van der Waals surface area contributed by atoms with Gasteiger partial charge in [-0.25, -0.2) is 15.9 Å². The Labute approximate surface area is 229 Å². The quantitative estimate of drug-likeness (QED) is 0.146. The van der Waals surface area contributed by atoms with Gasteiger partial charge in [-0.05, 0) is 49.9 Å². The lowest BCUT2D eigenvalue weighted by Gasteiger charge is -2.33. The van der Waals surface area contributed by atoms with Crippen molar-refractivity contribution >= 4 is 23.3 Å². The van der Waals surface area contributed by atoms with Crippen molar-refractivity contribution in [2.75, 3.05) is 37.4 Å². The van der Waals surface area contributed by atoms with E-state index in [1.807, 2.05) is 13.0 Å². The van der Waals surface area contributed by atoms with Gasteiger partial charge < -0.3 is 26.3 Å². The van der Waals surface area contributed by atoms with Gasteiger partial charge in [0, 0.05) is 57.1 Å². The molecule has 1 aromatic heterocycles. The van der Waals surface area contributed by atoms with E-state index in [-0.39, 0.29) is 24.5 Å². The number of anilines is 2. The second-order valence-corrected chi connectivity index (χ2v) is 10.9. The SMILES string of the molecule is CCN(CC(C)(C)C)c1nc(NC)c(C(C)=N)cc1CN(Cc1cc(C)cc(C(F)(F)F)c1)/C(N)=N/N(C)N. The Bertz CT molecular complexity index is 1180. The van der Waals surface area contributed by atoms with Crippen LogP contribution in [0.3, 0.4) is 0 Å². The molecule has 12 heteroatoms. The first-order chi connectivity index (χ1) is 17.9. The number of nitrogens with two attached hydrogens (primary N) is 2. The molecule has 216 valence electrons. The normalized spacial score (nSPS) is 12.4. The van der Waals surface area contributed by atoms with E-state index in [1.54, 1.807) is 31.9 Å². The molecule has 0 unspecified atom stereocenters. The molecule has 0 aliphatic carbocycles. The zero-order chi connectivity index (χ0) is 29.7. The molecule has 39 heavy (non-hydrogen) atoms. The number of rotatable bonds is 10. The molecule has 9 nitrogen and oxygen atoms in total. The van der Waals surface area contributed by atoms with Crippen molar-refractivity contribution in [2.24, 2.45) is 22.1 Å². The second kappa shape index (κ2) is 12.5. The Hall–Kier alpha value is -3.54. The van der Waals surface area contributed by atoms with Gasteiger partial charge in [0.1, 0.15) is 11.6 Å². The smallest absolute Gasteiger partial charge is 0.373 e. The van der Waals surface area contributed by atoms with Crippen LogP contribution in [0, 0.1) is 17.7 Å². The first kappa shape index (κ1) is 31.7. The lowest BCUT2D eigenvalue weighted by molar-refractivity contribution is -0.137. The van der Waals surface area contributed by atoms with Gasteiger partial charge in [0.15, 0.2) is 0 Å². The molecule has 0 bridgehead atoms. The van der Waals surface area contributed by atoms with Crippen molar-refractivity contribution < 1.29 is 13.2 Å². The molecule has 0 atom stereocenters. The van der Waals surface area contributed by atoms with Crippen molar-refractivity contribution in [3.63, 3.8) is 0 Å². The monoisotopic (exact) mass is 549 g/mol. The van der Waals surface area contributed by atoms with Crippen molar-refractivity contribution in [1.82, 2.24) is 15.0 Å². The Morgan fingerprint density at radius 3 is 2.26 bits per heavy atom. The fourth-order valence-corrected chi connectivity index (χ4v) is 4.31. The van der Waals surface area contributed by atoms with Crippen molar-refractivity contribution in [3.05, 3.63) is 52.1 Å². The summed E-state index contributed by atoms with van der Waals surface area (Å²) in [6, 6.07) is 5.80. The number of benzene rings is 1. The molecule has 0 spiro atoms. The number of alkyl halides is 3. The number of nitrogens with zero attached hydrogens (tertiary/aromatic N) is 5. The van der Waals surface area contributed by atoms with Gasteiger partial charge in [-0.3, -0.25) is 0 Å². The number of pyridine rings is 1. The zero-order valence-electron chi connectivity index (χ0n) is 24.2. The van der Waals surface area contributed by atoms with E-state index < -0.39 is 11.7 Å². The van der Waals surface area contributed by atoms with Crippen LogP contribution in [0.15, 0.2) is 29.4 Å². The van der Waals surface area contributed by atoms with Crippen LogP contribution in [-0.2, 0) is 19.3 Å². The van der Waals surface area contributed by atoms with Crippen LogP contribution in [0.4, 0.5) is 24.8 Å². The second-order valence-electron chi connectivity index (χ2n) is 10.9. The van der Waals surface area contributed by atoms with E-state index in [2.05, 4.69) is 36.1 Å². The van der Waals surface area contributed by atoms with E-state index >= 15 is 0 Å². The highest BCUT2D eigenvalue weighted by Crippen LogP contribution is 2.32. The summed E-state index contributed by atoms with van der Waals surface area (Å²) >= 11 is 0. The minimum atomic E-state index is -4.48. The third-order valence-corrected chi connectivity index (χ3v) is 5.85. The molecule has 0 aliphatic rings. The lowest BCUT2D eigenvalue weighted by atomic mass is 9.95. The number of aromatic nitrogens is 1. The van der Waals surface area contributed by atoms with Crippen LogP contribution in [-0.4, -0.2) is 53.9 Å². The average molecular weight is 550 g/mol. The van der Waals surface area contributed by atoms with E-state index in [9.17, 15) is 13.2 Å². The predicted molar refractivity (Wildman–Crippen MR) is 153 cm³/mol. The van der Waals surface area contributed by atoms with Crippen LogP contribution in [0.2, 0.25) is 0 Å². The molecule has 2 rings (SSSR count). The van der Waals surface area contributed by atoms with Gasteiger partial charge in [0.2, 0.25) is 5.96 Å². The molecule has 0 saturated carbocycles. The predicted octanol–water partition coefficient (Wildman–Crippen LogP) is 4.75. The highest BCUT2D eigenvalue weighted by atomic mass is 19.4. The molecular weight excluding hydrogens is 507 g/mol. The summed E-state index contributed by atoms with van der Waals surface area (Å²) in [7, 11) is 3.26. The average Bonchev–Trinajstić information content (AvgIpc) is 2.79. The number of hydrogen-bond acceptors (Lipinski definition) is 7. The van der Waals surface area contributed by atoms with Gasteiger partial charge in [-0.15, -0.1) is 5.10 Å². The summed E-state index contributed by atoms with van der Waals surface area (Å²) < 4.78 is 40.6. The zero-order valence-corrected chi connectivity index (χ0v) is 24.2. The standard InChI is InChI=1S/C27H42F3N9/c1-9-38(16-26(4,5)6)24-20(13-22(18(3)31)23(34-7)35-24)15-39(25(32)36-37(8)33)14-19-10-17(2)11-21(12-19)27(28,29)30/h10-13,31H,9,14-16,33H2,1-8H3,(H2,32,36)(H,34,35). The summed E-state index contributed by atoms with van der Waals surface area (Å²) in [5, 5.41) is 16.6. The Kier molecular flexibility index (Phi) is 10.2. The molecule has 0 fully saturated rings. The van der Waals surface area contributed by atoms with Crippen LogP contribution in [0.25, 0.3) is 0 Å². The molecule has 1 aromatic carbocycles. The minimum absolute atomic E-state index is 0.0331. The molecule has 0 amide bonds. The maximum Gasteiger partial charge on any atom is 0.416 e. The molecule has 0 aliphatic heterocycles. The molecule has 6 N–H and O–H groups in total. The number of guanidine groups is 1. The maximum absolute atomic E-state index is 13.5. The molecular formula is C27H42F3N9. The van der Waals surface area contributed by atoms with E-state index in [0.29, 0.717) is 47.1 Å². The van der Waals surface area contributed by atoms with E-state index in [0.717, 1.165) is 22.8 Å². The highest BCUT2D eigenvalue weighted by molar-refractivity contribution is 6.01. The van der Waals surface area contributed by atoms with Gasteiger partial charge in [0.05, 0.1) is 5.56 Å². The molecule has 1 heterocycles. The maximum atomic E-state index is 13.5. The third-order valence-electron chi connectivity index (χ3n) is 5.85. The first-order valence-electron chi connectivity index (χ1n) is 12.7. The summed E-state index contributed by atoms with van der Waals surface area (Å²) in [6.45, 7) is 13.3. The van der Waals surface area contributed by atoms with Crippen LogP contribution in [0.1, 0.15) is 62.4 Å². The van der Waals surface area contributed by atoms with Gasteiger partial charge in [0.25, 0.3) is 0 Å². The summed E-state index contributed by atoms with van der Waals surface area (Å²) in [5.41, 5.74) is 8.16. The lowest BCUT2D eigenvalue weighted by Crippen LogP contribution is -2.40. The third kappa shape index (κ3) is 9.02. The van der Waals surface area contributed by atoms with Gasteiger partial charge in [-0.2, -0.15) is 13.2 Å². The van der Waals surface area contributed by atoms with E-state index in [1.165, 1.54) is 7.05 Å². The first-order valence-corrected chi connectivity index (χ1v) is 12.7. The van der Waals surface area contributed by atoms with Crippen LogP contribution in [0.5, 0.6) is 0 Å². The van der Waals surface area contributed by atoms with Crippen molar-refractivity contribution in [2.45, 2.75) is 60.8 Å². The summed E-state index contributed by atoms with van der Waals surface area (Å²) in [4.78, 5) is 8.70. The molecule has 0 radical (unpaired) electrons. The number of nitrogens with one attached hydrogen (secondary N) is 2. The molecule has 0 saturated heterocycles. The van der Waals surface area contributed by atoms with Gasteiger partial charge >= 0.3 is 6.18 Å². The number of halogens is 3.